The summed E-state index contributed by atoms with van der Waals surface area (Å²) in [5.41, 5.74) is 5.93. The maximum atomic E-state index is 11.9. The van der Waals surface area contributed by atoms with Gasteiger partial charge in [-0.15, -0.1) is 36.2 Å². The Kier molecular flexibility index (Phi) is 9.27. The molecule has 0 radical (unpaired) electrons. The lowest BCUT2D eigenvalue weighted by Gasteiger charge is -2.13. The fourth-order valence-electron chi connectivity index (χ4n) is 1.86. The summed E-state index contributed by atoms with van der Waals surface area (Å²) in [6, 6.07) is 0. The second-order valence-electron chi connectivity index (χ2n) is 4.77. The van der Waals surface area contributed by atoms with Gasteiger partial charge in [-0.3, -0.25) is 4.79 Å². The molecule has 2 aromatic heterocycles. The van der Waals surface area contributed by atoms with Crippen LogP contribution in [0.25, 0.3) is 0 Å². The third-order valence-electron chi connectivity index (χ3n) is 3.00. The molecule has 0 aliphatic rings. The van der Waals surface area contributed by atoms with Crippen LogP contribution in [-0.2, 0) is 13.1 Å². The minimum atomic E-state index is -0.143. The van der Waals surface area contributed by atoms with Gasteiger partial charge in [0, 0.05) is 37.4 Å². The van der Waals surface area contributed by atoms with Crippen molar-refractivity contribution in [2.45, 2.75) is 26.9 Å². The Morgan fingerprint density at radius 2 is 2.23 bits per heavy atom. The molecule has 2 heterocycles. The highest BCUT2D eigenvalue weighted by Gasteiger charge is 2.12. The number of thiazole rings is 1. The first kappa shape index (κ1) is 20.9. The fourth-order valence-corrected chi connectivity index (χ4v) is 2.52. The van der Waals surface area contributed by atoms with Gasteiger partial charge in [-0.25, -0.2) is 9.97 Å². The minimum Gasteiger partial charge on any atom is -0.350 e. The molecular weight excluding hydrogens is 345 g/mol. The zero-order valence-corrected chi connectivity index (χ0v) is 14.9. The average molecular weight is 366 g/mol. The normalized spacial score (nSPS) is 11.2. The number of amides is 1. The number of imidazole rings is 1. The summed E-state index contributed by atoms with van der Waals surface area (Å²) >= 11 is 1.41. The van der Waals surface area contributed by atoms with E-state index in [9.17, 15) is 4.79 Å². The first-order valence-corrected chi connectivity index (χ1v) is 7.38. The van der Waals surface area contributed by atoms with E-state index >= 15 is 0 Å². The average Bonchev–Trinajstić information content (AvgIpc) is 3.06. The van der Waals surface area contributed by atoms with Gasteiger partial charge in [0.2, 0.25) is 0 Å². The monoisotopic (exact) mass is 365 g/mol. The van der Waals surface area contributed by atoms with Gasteiger partial charge < -0.3 is 15.6 Å². The van der Waals surface area contributed by atoms with E-state index in [1.807, 2.05) is 13.1 Å². The van der Waals surface area contributed by atoms with E-state index in [4.69, 9.17) is 5.73 Å². The van der Waals surface area contributed by atoms with Crippen LogP contribution in [0.3, 0.4) is 0 Å². The Balaban J connectivity index is 0.00000220. The molecule has 0 aliphatic carbocycles. The van der Waals surface area contributed by atoms with E-state index in [1.165, 1.54) is 11.3 Å². The van der Waals surface area contributed by atoms with Crippen LogP contribution >= 0.6 is 36.2 Å². The number of rotatable bonds is 6. The molecule has 22 heavy (non-hydrogen) atoms. The second-order valence-corrected chi connectivity index (χ2v) is 5.72. The molecule has 1 unspecified atom stereocenters. The van der Waals surface area contributed by atoms with E-state index in [0.717, 1.165) is 17.4 Å². The quantitative estimate of drug-likeness (QED) is 0.819. The maximum Gasteiger partial charge on any atom is 0.270 e. The smallest absolute Gasteiger partial charge is 0.270 e. The van der Waals surface area contributed by atoms with Crippen LogP contribution in [0, 0.1) is 12.8 Å². The Hall–Kier alpha value is -1.15. The summed E-state index contributed by atoms with van der Waals surface area (Å²) in [5, 5.41) is 5.41. The predicted molar refractivity (Wildman–Crippen MR) is 93.0 cm³/mol. The van der Waals surface area contributed by atoms with Gasteiger partial charge >= 0.3 is 0 Å². The number of halogens is 2. The van der Waals surface area contributed by atoms with Crippen LogP contribution in [0.1, 0.15) is 28.2 Å². The van der Waals surface area contributed by atoms with Gasteiger partial charge in [-0.2, -0.15) is 0 Å². The largest absolute Gasteiger partial charge is 0.350 e. The third-order valence-corrected chi connectivity index (χ3v) is 3.87. The van der Waals surface area contributed by atoms with Crippen LogP contribution < -0.4 is 11.1 Å². The number of carbonyl (C=O) groups excluding carboxylic acids is 1. The molecule has 2 rings (SSSR count). The van der Waals surface area contributed by atoms with Gasteiger partial charge in [0.05, 0.1) is 0 Å². The second kappa shape index (κ2) is 9.78. The third kappa shape index (κ3) is 5.57. The first-order valence-electron chi connectivity index (χ1n) is 6.50. The molecule has 2 aromatic rings. The molecule has 6 nitrogen and oxygen atoms in total. The Morgan fingerprint density at radius 1 is 1.50 bits per heavy atom. The van der Waals surface area contributed by atoms with Crippen LogP contribution in [0.4, 0.5) is 0 Å². The molecule has 0 saturated heterocycles. The lowest BCUT2D eigenvalue weighted by Crippen LogP contribution is -2.30. The first-order chi connectivity index (χ1) is 9.60. The summed E-state index contributed by atoms with van der Waals surface area (Å²) in [4.78, 5) is 20.3. The van der Waals surface area contributed by atoms with Crippen LogP contribution in [0.2, 0.25) is 0 Å². The standard InChI is InChI=1S/C13H19N5OS.2ClH/c1-9(7-18-4-3-15-10(18)2)6-16-13(19)11-8-20-12(5-14)17-11;;/h3-4,8-9H,5-7,14H2,1-2H3,(H,16,19);2*1H. The Morgan fingerprint density at radius 3 is 2.77 bits per heavy atom. The van der Waals surface area contributed by atoms with E-state index in [2.05, 4.69) is 26.8 Å². The summed E-state index contributed by atoms with van der Waals surface area (Å²) in [6.45, 7) is 5.86. The van der Waals surface area contributed by atoms with Crippen molar-refractivity contribution in [3.8, 4) is 0 Å². The predicted octanol–water partition coefficient (Wildman–Crippen LogP) is 2.02. The lowest BCUT2D eigenvalue weighted by atomic mass is 10.2. The number of aromatic nitrogens is 3. The van der Waals surface area contributed by atoms with Crippen molar-refractivity contribution >= 4 is 42.1 Å². The van der Waals surface area contributed by atoms with Gasteiger partial charge in [-0.1, -0.05) is 6.92 Å². The number of nitrogens with zero attached hydrogens (tertiary/aromatic N) is 3. The van der Waals surface area contributed by atoms with E-state index in [1.54, 1.807) is 11.6 Å². The molecule has 0 spiro atoms. The highest BCUT2D eigenvalue weighted by atomic mass is 35.5. The molecule has 124 valence electrons. The molecule has 0 aliphatic heterocycles. The number of nitrogens with one attached hydrogen (secondary N) is 1. The maximum absolute atomic E-state index is 11.9. The van der Waals surface area contributed by atoms with Gasteiger partial charge in [0.1, 0.15) is 16.5 Å². The zero-order valence-electron chi connectivity index (χ0n) is 12.5. The molecule has 1 amide bonds. The van der Waals surface area contributed by atoms with Crippen molar-refractivity contribution < 1.29 is 4.79 Å². The minimum absolute atomic E-state index is 0. The highest BCUT2D eigenvalue weighted by Crippen LogP contribution is 2.09. The molecule has 9 heteroatoms. The topological polar surface area (TPSA) is 85.8 Å². The van der Waals surface area contributed by atoms with E-state index < -0.39 is 0 Å². The summed E-state index contributed by atoms with van der Waals surface area (Å²) in [6.07, 6.45) is 3.73. The fraction of sp³-hybridized carbons (Fsp3) is 0.462. The number of carbonyl (C=O) groups is 1. The highest BCUT2D eigenvalue weighted by molar-refractivity contribution is 7.09. The summed E-state index contributed by atoms with van der Waals surface area (Å²) < 4.78 is 2.08. The van der Waals surface area contributed by atoms with Gasteiger partial charge in [0.15, 0.2) is 0 Å². The van der Waals surface area contributed by atoms with Crippen molar-refractivity contribution in [1.29, 1.82) is 0 Å². The Labute approximate surface area is 146 Å². The van der Waals surface area contributed by atoms with Crippen molar-refractivity contribution in [3.63, 3.8) is 0 Å². The number of hydrogen-bond acceptors (Lipinski definition) is 5. The van der Waals surface area contributed by atoms with Gasteiger partial charge in [-0.05, 0) is 12.8 Å². The van der Waals surface area contributed by atoms with Crippen LogP contribution in [0.15, 0.2) is 17.8 Å². The van der Waals surface area contributed by atoms with Crippen molar-refractivity contribution in [1.82, 2.24) is 19.9 Å². The SMILES string of the molecule is Cc1nccn1CC(C)CNC(=O)c1csc(CN)n1.Cl.Cl. The van der Waals surface area contributed by atoms with Crippen molar-refractivity contribution in [3.05, 3.63) is 34.3 Å². The molecule has 0 saturated carbocycles. The zero-order chi connectivity index (χ0) is 14.5. The van der Waals surface area contributed by atoms with Crippen LogP contribution in [0.5, 0.6) is 0 Å². The molecule has 3 N–H and O–H groups in total. The molecular formula is C13H21Cl2N5OS. The van der Waals surface area contributed by atoms with Gasteiger partial charge in [0.25, 0.3) is 5.91 Å². The summed E-state index contributed by atoms with van der Waals surface area (Å²) in [7, 11) is 0. The van der Waals surface area contributed by atoms with Crippen molar-refractivity contribution in [2.75, 3.05) is 6.54 Å². The molecule has 0 aromatic carbocycles. The van der Waals surface area contributed by atoms with Crippen molar-refractivity contribution in [2.24, 2.45) is 11.7 Å². The lowest BCUT2D eigenvalue weighted by molar-refractivity contribution is 0.0942. The molecule has 1 atom stereocenters. The molecule has 0 bridgehead atoms. The number of nitrogens with two attached hydrogens (primary N) is 1. The molecule has 0 fully saturated rings. The van der Waals surface area contributed by atoms with E-state index in [0.29, 0.717) is 24.7 Å². The number of hydrogen-bond donors (Lipinski definition) is 2. The van der Waals surface area contributed by atoms with E-state index in [-0.39, 0.29) is 30.7 Å². The Bertz CT molecular complexity index is 587. The summed E-state index contributed by atoms with van der Waals surface area (Å²) in [5.74, 6) is 1.16. The number of aryl methyl sites for hydroxylation is 1. The van der Waals surface area contributed by atoms with Crippen LogP contribution in [-0.4, -0.2) is 27.0 Å².